The van der Waals surface area contributed by atoms with Gasteiger partial charge in [0, 0.05) is 37.9 Å². The highest BCUT2D eigenvalue weighted by Crippen LogP contribution is 2.29. The minimum absolute atomic E-state index is 0.363. The summed E-state index contributed by atoms with van der Waals surface area (Å²) in [6, 6.07) is 7.32. The SMILES string of the molecule is Cc1cc(C)n(-c2cc(N3CCN(S(=O)(=O)c4ccc(Br)s4)CC3)nc(C)n2)n1. The Labute approximate surface area is 182 Å². The highest BCUT2D eigenvalue weighted by atomic mass is 79.9. The zero-order chi connectivity index (χ0) is 20.8. The van der Waals surface area contributed by atoms with Gasteiger partial charge in [-0.25, -0.2) is 23.1 Å². The van der Waals surface area contributed by atoms with Crippen LogP contribution in [0.5, 0.6) is 0 Å². The van der Waals surface area contributed by atoms with Crippen molar-refractivity contribution in [2.75, 3.05) is 31.1 Å². The van der Waals surface area contributed by atoms with E-state index in [0.29, 0.717) is 36.2 Å². The van der Waals surface area contributed by atoms with Crippen LogP contribution < -0.4 is 4.90 Å². The Morgan fingerprint density at radius 2 is 1.69 bits per heavy atom. The second-order valence-corrected chi connectivity index (χ2v) is 11.5. The minimum atomic E-state index is -3.46. The molecule has 29 heavy (non-hydrogen) atoms. The Morgan fingerprint density at radius 3 is 2.28 bits per heavy atom. The van der Waals surface area contributed by atoms with Gasteiger partial charge >= 0.3 is 0 Å². The molecule has 0 N–H and O–H groups in total. The van der Waals surface area contributed by atoms with E-state index >= 15 is 0 Å². The number of thiophene rings is 1. The fraction of sp³-hybridized carbons (Fsp3) is 0.389. The van der Waals surface area contributed by atoms with Gasteiger partial charge in [0.15, 0.2) is 5.82 Å². The second-order valence-electron chi connectivity index (χ2n) is 6.92. The van der Waals surface area contributed by atoms with Gasteiger partial charge < -0.3 is 4.90 Å². The van der Waals surface area contributed by atoms with Gasteiger partial charge in [-0.15, -0.1) is 11.3 Å². The molecule has 11 heteroatoms. The van der Waals surface area contributed by atoms with E-state index in [1.54, 1.807) is 12.1 Å². The molecule has 1 saturated heterocycles. The molecule has 1 aliphatic rings. The monoisotopic (exact) mass is 496 g/mol. The summed E-state index contributed by atoms with van der Waals surface area (Å²) in [5, 5.41) is 4.51. The first kappa shape index (κ1) is 20.5. The molecule has 3 aromatic rings. The smallest absolute Gasteiger partial charge is 0.252 e. The molecule has 0 amide bonds. The molecule has 8 nitrogen and oxygen atoms in total. The molecule has 1 aliphatic heterocycles. The second kappa shape index (κ2) is 7.78. The van der Waals surface area contributed by atoms with Crippen LogP contribution in [0, 0.1) is 20.8 Å². The number of sulfonamides is 1. The molecule has 0 unspecified atom stereocenters. The number of rotatable bonds is 4. The van der Waals surface area contributed by atoms with Gasteiger partial charge in [-0.3, -0.25) is 0 Å². The maximum absolute atomic E-state index is 12.8. The molecule has 1 fully saturated rings. The maximum Gasteiger partial charge on any atom is 0.252 e. The van der Waals surface area contributed by atoms with E-state index in [-0.39, 0.29) is 0 Å². The number of piperazine rings is 1. The number of halogens is 1. The molecule has 0 saturated carbocycles. The Balaban J connectivity index is 1.54. The van der Waals surface area contributed by atoms with Crippen molar-refractivity contribution in [3.63, 3.8) is 0 Å². The number of nitrogens with zero attached hydrogens (tertiary/aromatic N) is 6. The summed E-state index contributed by atoms with van der Waals surface area (Å²) in [7, 11) is -3.46. The van der Waals surface area contributed by atoms with Crippen molar-refractivity contribution in [3.8, 4) is 5.82 Å². The lowest BCUT2D eigenvalue weighted by Gasteiger charge is -2.34. The first-order chi connectivity index (χ1) is 13.7. The zero-order valence-electron chi connectivity index (χ0n) is 16.3. The van der Waals surface area contributed by atoms with Crippen LogP contribution in [0.4, 0.5) is 5.82 Å². The van der Waals surface area contributed by atoms with Crippen LogP contribution in [0.25, 0.3) is 5.82 Å². The number of anilines is 1. The summed E-state index contributed by atoms with van der Waals surface area (Å²) in [5.41, 5.74) is 1.93. The van der Waals surface area contributed by atoms with Gasteiger partial charge in [0.05, 0.1) is 9.48 Å². The van der Waals surface area contributed by atoms with E-state index in [2.05, 4.69) is 35.9 Å². The van der Waals surface area contributed by atoms with E-state index in [9.17, 15) is 8.42 Å². The van der Waals surface area contributed by atoms with Crippen LogP contribution in [0.1, 0.15) is 17.2 Å². The topological polar surface area (TPSA) is 84.2 Å². The number of aryl methyl sites for hydroxylation is 3. The third kappa shape index (κ3) is 4.09. The molecule has 0 aromatic carbocycles. The van der Waals surface area contributed by atoms with Crippen molar-refractivity contribution in [2.24, 2.45) is 0 Å². The van der Waals surface area contributed by atoms with E-state index < -0.39 is 10.0 Å². The number of aromatic nitrogens is 4. The lowest BCUT2D eigenvalue weighted by molar-refractivity contribution is 0.384. The first-order valence-corrected chi connectivity index (χ1v) is 12.2. The average Bonchev–Trinajstić information content (AvgIpc) is 3.26. The van der Waals surface area contributed by atoms with Crippen molar-refractivity contribution >= 4 is 43.1 Å². The molecular formula is C18H21BrN6O2S2. The van der Waals surface area contributed by atoms with Crippen molar-refractivity contribution in [3.05, 3.63) is 45.3 Å². The highest BCUT2D eigenvalue weighted by Gasteiger charge is 2.30. The third-order valence-electron chi connectivity index (χ3n) is 4.74. The summed E-state index contributed by atoms with van der Waals surface area (Å²) in [5.74, 6) is 2.16. The van der Waals surface area contributed by atoms with Crippen molar-refractivity contribution in [2.45, 2.75) is 25.0 Å². The van der Waals surface area contributed by atoms with Crippen LogP contribution in [-0.4, -0.2) is 58.7 Å². The molecule has 0 bridgehead atoms. The van der Waals surface area contributed by atoms with Crippen LogP contribution in [0.2, 0.25) is 0 Å². The Hall–Kier alpha value is -1.82. The average molecular weight is 497 g/mol. The number of hydrogen-bond donors (Lipinski definition) is 0. The lowest BCUT2D eigenvalue weighted by atomic mass is 10.3. The summed E-state index contributed by atoms with van der Waals surface area (Å²) in [6.07, 6.45) is 0. The summed E-state index contributed by atoms with van der Waals surface area (Å²) in [6.45, 7) is 7.76. The number of hydrogen-bond acceptors (Lipinski definition) is 7. The fourth-order valence-corrected chi connectivity index (χ4v) is 6.98. The van der Waals surface area contributed by atoms with E-state index in [0.717, 1.165) is 26.8 Å². The van der Waals surface area contributed by atoms with Crippen LogP contribution in [-0.2, 0) is 10.0 Å². The van der Waals surface area contributed by atoms with Crippen LogP contribution in [0.15, 0.2) is 32.3 Å². The molecule has 3 aromatic heterocycles. The van der Waals surface area contributed by atoms with E-state index in [1.165, 1.54) is 15.6 Å². The molecule has 0 atom stereocenters. The quantitative estimate of drug-likeness (QED) is 0.551. The molecule has 0 aliphatic carbocycles. The van der Waals surface area contributed by atoms with Gasteiger partial charge in [-0.05, 0) is 54.9 Å². The molecule has 0 radical (unpaired) electrons. The Bertz CT molecular complexity index is 1150. The van der Waals surface area contributed by atoms with Crippen molar-refractivity contribution in [1.82, 2.24) is 24.1 Å². The predicted octanol–water partition coefficient (Wildman–Crippen LogP) is 2.92. The predicted molar refractivity (Wildman–Crippen MR) is 116 cm³/mol. The van der Waals surface area contributed by atoms with Gasteiger partial charge in [0.2, 0.25) is 0 Å². The summed E-state index contributed by atoms with van der Waals surface area (Å²) in [4.78, 5) is 11.2. The van der Waals surface area contributed by atoms with Crippen LogP contribution >= 0.6 is 27.3 Å². The van der Waals surface area contributed by atoms with E-state index in [4.69, 9.17) is 0 Å². The minimum Gasteiger partial charge on any atom is -0.354 e. The van der Waals surface area contributed by atoms with Gasteiger partial charge in [0.25, 0.3) is 10.0 Å². The first-order valence-electron chi connectivity index (χ1n) is 9.14. The molecule has 4 rings (SSSR count). The van der Waals surface area contributed by atoms with Gasteiger partial charge in [-0.2, -0.15) is 9.40 Å². The molecular weight excluding hydrogens is 476 g/mol. The van der Waals surface area contributed by atoms with Crippen molar-refractivity contribution < 1.29 is 8.42 Å². The third-order valence-corrected chi connectivity index (χ3v) is 8.73. The highest BCUT2D eigenvalue weighted by molar-refractivity contribution is 9.11. The normalized spacial score (nSPS) is 15.8. The maximum atomic E-state index is 12.8. The summed E-state index contributed by atoms with van der Waals surface area (Å²) >= 11 is 4.57. The molecule has 4 heterocycles. The van der Waals surface area contributed by atoms with Gasteiger partial charge in [0.1, 0.15) is 15.9 Å². The van der Waals surface area contributed by atoms with Crippen LogP contribution in [0.3, 0.4) is 0 Å². The largest absolute Gasteiger partial charge is 0.354 e. The molecule has 0 spiro atoms. The Kier molecular flexibility index (Phi) is 5.49. The fourth-order valence-electron chi connectivity index (χ4n) is 3.39. The van der Waals surface area contributed by atoms with Gasteiger partial charge in [-0.1, -0.05) is 0 Å². The standard InChI is InChI=1S/C18H21BrN6O2S2/c1-12-10-13(2)25(22-12)17-11-16(20-14(3)21-17)23-6-8-24(9-7-23)29(26,27)18-5-4-15(19)28-18/h4-5,10-11H,6-9H2,1-3H3. The van der Waals surface area contributed by atoms with Crippen molar-refractivity contribution in [1.29, 1.82) is 0 Å². The Morgan fingerprint density at radius 1 is 1.00 bits per heavy atom. The summed E-state index contributed by atoms with van der Waals surface area (Å²) < 4.78 is 30.2. The van der Waals surface area contributed by atoms with E-state index in [1.807, 2.05) is 37.6 Å². The molecule has 154 valence electrons. The zero-order valence-corrected chi connectivity index (χ0v) is 19.6. The lowest BCUT2D eigenvalue weighted by Crippen LogP contribution is -2.48.